The Morgan fingerprint density at radius 1 is 1.33 bits per heavy atom. The number of likely N-dealkylation sites (tertiary alicyclic amines) is 1. The summed E-state index contributed by atoms with van der Waals surface area (Å²) in [4.78, 5) is 19.1. The van der Waals surface area contributed by atoms with Crippen molar-refractivity contribution in [3.63, 3.8) is 0 Å². The molecule has 2 aliphatic rings. The fourth-order valence-corrected chi connectivity index (χ4v) is 3.14. The zero-order valence-corrected chi connectivity index (χ0v) is 13.8. The molecular weight excluding hydrogens is 306 g/mol. The number of piperidine rings is 1. The first kappa shape index (κ1) is 15.1. The molecule has 1 atom stereocenters. The highest BCUT2D eigenvalue weighted by Crippen LogP contribution is 2.40. The highest BCUT2D eigenvalue weighted by atomic mass is 16.5. The number of rotatable bonds is 4. The Labute approximate surface area is 140 Å². The van der Waals surface area contributed by atoms with E-state index in [9.17, 15) is 4.79 Å². The summed E-state index contributed by atoms with van der Waals surface area (Å²) in [7, 11) is 1.85. The minimum atomic E-state index is -0.0845. The van der Waals surface area contributed by atoms with Crippen LogP contribution < -0.4 is 0 Å². The van der Waals surface area contributed by atoms with Gasteiger partial charge in [-0.15, -0.1) is 0 Å². The summed E-state index contributed by atoms with van der Waals surface area (Å²) in [5.41, 5.74) is 0.896. The van der Waals surface area contributed by atoms with Gasteiger partial charge in [-0.05, 0) is 44.2 Å². The van der Waals surface area contributed by atoms with Gasteiger partial charge in [-0.25, -0.2) is 0 Å². The number of hydrogen-bond donors (Lipinski definition) is 0. The van der Waals surface area contributed by atoms with Crippen LogP contribution in [0, 0.1) is 0 Å². The molecule has 24 heavy (non-hydrogen) atoms. The lowest BCUT2D eigenvalue weighted by Crippen LogP contribution is -2.38. The average molecular weight is 327 g/mol. The van der Waals surface area contributed by atoms with Gasteiger partial charge in [-0.3, -0.25) is 9.48 Å². The Morgan fingerprint density at radius 2 is 2.21 bits per heavy atom. The van der Waals surface area contributed by atoms with Crippen molar-refractivity contribution in [2.75, 3.05) is 6.54 Å². The molecule has 4 rings (SSSR count). The molecule has 0 spiro atoms. The molecule has 1 aliphatic carbocycles. The second-order valence-electron chi connectivity index (χ2n) is 6.52. The largest absolute Gasteiger partial charge is 0.339 e. The van der Waals surface area contributed by atoms with E-state index in [1.165, 1.54) is 0 Å². The molecule has 1 unspecified atom stereocenters. The molecule has 1 saturated heterocycles. The van der Waals surface area contributed by atoms with Crippen molar-refractivity contribution >= 4 is 12.0 Å². The maximum absolute atomic E-state index is 12.7. The van der Waals surface area contributed by atoms with Crippen LogP contribution in [0.2, 0.25) is 0 Å². The number of hydrogen-bond acceptors (Lipinski definition) is 5. The molecule has 7 nitrogen and oxygen atoms in total. The normalized spacial score (nSPS) is 21.5. The molecular formula is C17H21N5O2. The van der Waals surface area contributed by atoms with Crippen LogP contribution in [0.3, 0.4) is 0 Å². The summed E-state index contributed by atoms with van der Waals surface area (Å²) in [5.74, 6) is 1.80. The molecule has 2 fully saturated rings. The van der Waals surface area contributed by atoms with E-state index in [2.05, 4.69) is 15.2 Å². The summed E-state index contributed by atoms with van der Waals surface area (Å²) in [5, 5.41) is 8.24. The zero-order chi connectivity index (χ0) is 16.5. The predicted octanol–water partition coefficient (Wildman–Crippen LogP) is 2.45. The summed E-state index contributed by atoms with van der Waals surface area (Å²) in [6.07, 6.45) is 10.3. The van der Waals surface area contributed by atoms with Crippen molar-refractivity contribution in [3.05, 3.63) is 35.7 Å². The van der Waals surface area contributed by atoms with Crippen molar-refractivity contribution < 1.29 is 9.32 Å². The van der Waals surface area contributed by atoms with E-state index >= 15 is 0 Å². The van der Waals surface area contributed by atoms with Crippen molar-refractivity contribution in [1.29, 1.82) is 0 Å². The fraction of sp³-hybridized carbons (Fsp3) is 0.529. The Bertz CT molecular complexity index is 759. The van der Waals surface area contributed by atoms with Crippen LogP contribution in [0.15, 0.2) is 22.9 Å². The molecule has 0 aromatic carbocycles. The average Bonchev–Trinajstić information content (AvgIpc) is 3.19. The van der Waals surface area contributed by atoms with E-state index in [1.54, 1.807) is 23.0 Å². The van der Waals surface area contributed by atoms with Crippen LogP contribution in [0.25, 0.3) is 6.08 Å². The van der Waals surface area contributed by atoms with E-state index < -0.39 is 0 Å². The second kappa shape index (κ2) is 6.22. The summed E-state index contributed by atoms with van der Waals surface area (Å²) in [6.45, 7) is 0.729. The molecule has 1 saturated carbocycles. The van der Waals surface area contributed by atoms with Crippen molar-refractivity contribution in [3.8, 4) is 0 Å². The van der Waals surface area contributed by atoms with Crippen LogP contribution in [-0.4, -0.2) is 37.3 Å². The lowest BCUT2D eigenvalue weighted by molar-refractivity contribution is -0.129. The van der Waals surface area contributed by atoms with E-state index in [0.717, 1.165) is 50.2 Å². The molecule has 7 heteroatoms. The van der Waals surface area contributed by atoms with E-state index in [1.807, 2.05) is 18.0 Å². The van der Waals surface area contributed by atoms with Gasteiger partial charge in [0.05, 0.1) is 11.7 Å². The summed E-state index contributed by atoms with van der Waals surface area (Å²) >= 11 is 0. The molecule has 0 N–H and O–H groups in total. The van der Waals surface area contributed by atoms with E-state index in [-0.39, 0.29) is 11.9 Å². The van der Waals surface area contributed by atoms with Gasteiger partial charge in [0.1, 0.15) is 0 Å². The third kappa shape index (κ3) is 2.98. The first-order valence-electron chi connectivity index (χ1n) is 8.52. The Hall–Kier alpha value is -2.44. The van der Waals surface area contributed by atoms with Gasteiger partial charge in [0.15, 0.2) is 5.82 Å². The van der Waals surface area contributed by atoms with Crippen LogP contribution in [-0.2, 0) is 11.8 Å². The zero-order valence-electron chi connectivity index (χ0n) is 13.8. The minimum absolute atomic E-state index is 0.0151. The maximum atomic E-state index is 12.7. The third-order valence-electron chi connectivity index (χ3n) is 4.72. The number of carbonyl (C=O) groups excluding carboxylic acids is 1. The van der Waals surface area contributed by atoms with Gasteiger partial charge >= 0.3 is 0 Å². The highest BCUT2D eigenvalue weighted by Gasteiger charge is 2.34. The maximum Gasteiger partial charge on any atom is 0.247 e. The van der Waals surface area contributed by atoms with Crippen molar-refractivity contribution in [2.24, 2.45) is 7.05 Å². The topological polar surface area (TPSA) is 77.0 Å². The van der Waals surface area contributed by atoms with Crippen LogP contribution in [0.5, 0.6) is 0 Å². The van der Waals surface area contributed by atoms with E-state index in [0.29, 0.717) is 11.7 Å². The summed E-state index contributed by atoms with van der Waals surface area (Å²) < 4.78 is 7.11. The summed E-state index contributed by atoms with van der Waals surface area (Å²) in [6, 6.07) is 1.79. The van der Waals surface area contributed by atoms with Gasteiger partial charge in [0.25, 0.3) is 0 Å². The fourth-order valence-electron chi connectivity index (χ4n) is 3.14. The van der Waals surface area contributed by atoms with Gasteiger partial charge in [0, 0.05) is 31.8 Å². The Kier molecular flexibility index (Phi) is 3.92. The number of aryl methyl sites for hydroxylation is 1. The molecule has 1 amide bonds. The minimum Gasteiger partial charge on any atom is -0.339 e. The molecule has 2 aromatic heterocycles. The van der Waals surface area contributed by atoms with E-state index in [4.69, 9.17) is 4.52 Å². The standard InChI is InChI=1S/C17H21N5O2/c1-21-13(9-10-18-21)7-8-15(23)22-11-3-2-4-14(22)16-19-17(24-20-16)12-5-6-12/h7-10,12,14H,2-6,11H2,1H3/b8-7+. The number of aromatic nitrogens is 4. The lowest BCUT2D eigenvalue weighted by Gasteiger charge is -2.33. The first-order chi connectivity index (χ1) is 11.7. The molecule has 0 radical (unpaired) electrons. The van der Waals surface area contributed by atoms with Gasteiger partial charge in [-0.1, -0.05) is 5.16 Å². The molecule has 3 heterocycles. The van der Waals surface area contributed by atoms with Crippen LogP contribution >= 0.6 is 0 Å². The van der Waals surface area contributed by atoms with Gasteiger partial charge < -0.3 is 9.42 Å². The lowest BCUT2D eigenvalue weighted by atomic mass is 10.0. The molecule has 1 aliphatic heterocycles. The Balaban J connectivity index is 1.51. The quantitative estimate of drug-likeness (QED) is 0.806. The van der Waals surface area contributed by atoms with Crippen LogP contribution in [0.4, 0.5) is 0 Å². The first-order valence-corrected chi connectivity index (χ1v) is 8.52. The number of carbonyl (C=O) groups is 1. The molecule has 2 aromatic rings. The predicted molar refractivity (Wildman–Crippen MR) is 86.8 cm³/mol. The Morgan fingerprint density at radius 3 is 2.96 bits per heavy atom. The molecule has 0 bridgehead atoms. The van der Waals surface area contributed by atoms with Gasteiger partial charge in [0.2, 0.25) is 11.8 Å². The van der Waals surface area contributed by atoms with Crippen molar-refractivity contribution in [1.82, 2.24) is 24.8 Å². The SMILES string of the molecule is Cn1nccc1/C=C/C(=O)N1CCCCC1c1noc(C2CC2)n1. The number of nitrogens with zero attached hydrogens (tertiary/aromatic N) is 5. The second-order valence-corrected chi connectivity index (χ2v) is 6.52. The third-order valence-corrected chi connectivity index (χ3v) is 4.72. The smallest absolute Gasteiger partial charge is 0.247 e. The van der Waals surface area contributed by atoms with Crippen molar-refractivity contribution in [2.45, 2.75) is 44.1 Å². The molecule has 126 valence electrons. The monoisotopic (exact) mass is 327 g/mol. The van der Waals surface area contributed by atoms with Crippen LogP contribution in [0.1, 0.15) is 61.5 Å². The van der Waals surface area contributed by atoms with Gasteiger partial charge in [-0.2, -0.15) is 10.1 Å². The number of amides is 1. The highest BCUT2D eigenvalue weighted by molar-refractivity contribution is 5.91.